The number of ether oxygens (including phenoxy) is 1. The Bertz CT molecular complexity index is 1840. The molecule has 0 saturated heterocycles. The highest BCUT2D eigenvalue weighted by Crippen LogP contribution is 2.42. The lowest BCUT2D eigenvalue weighted by molar-refractivity contribution is -0.123. The van der Waals surface area contributed by atoms with Crippen molar-refractivity contribution in [2.45, 2.75) is 103 Å². The number of aliphatic hydroxyl groups excluding tert-OH is 3. The number of aliphatic hydroxyl groups is 3. The predicted molar refractivity (Wildman–Crippen MR) is 212 cm³/mol. The first-order chi connectivity index (χ1) is 26.1. The molecule has 4 rings (SSSR count). The number of rotatable bonds is 18. The average Bonchev–Trinajstić information content (AvgIpc) is 3.46. The first-order valence-corrected chi connectivity index (χ1v) is 18.8. The van der Waals surface area contributed by atoms with E-state index in [0.29, 0.717) is 28.1 Å². The van der Waals surface area contributed by atoms with E-state index in [0.717, 1.165) is 11.3 Å². The monoisotopic (exact) mass is 758 g/mol. The van der Waals surface area contributed by atoms with E-state index >= 15 is 0 Å². The molecule has 0 bridgehead atoms. The van der Waals surface area contributed by atoms with Crippen molar-refractivity contribution in [3.63, 3.8) is 0 Å². The van der Waals surface area contributed by atoms with Crippen LogP contribution in [0.3, 0.4) is 0 Å². The molecule has 55 heavy (non-hydrogen) atoms. The summed E-state index contributed by atoms with van der Waals surface area (Å²) in [5.74, 6) is -1.26. The Morgan fingerprint density at radius 3 is 1.96 bits per heavy atom. The largest absolute Gasteiger partial charge is 0.444 e. The summed E-state index contributed by atoms with van der Waals surface area (Å²) < 4.78 is 21.4. The lowest BCUT2D eigenvalue weighted by Crippen LogP contribution is -2.35. The smallest absolute Gasteiger partial charge is 0.407 e. The molecule has 0 saturated carbocycles. The first-order valence-electron chi connectivity index (χ1n) is 18.8. The molecule has 3 atom stereocenters. The molecule has 0 spiro atoms. The lowest BCUT2D eigenvalue weighted by atomic mass is 9.94. The Labute approximate surface area is 322 Å². The van der Waals surface area contributed by atoms with Gasteiger partial charge < -0.3 is 40.6 Å². The third kappa shape index (κ3) is 13.0. The van der Waals surface area contributed by atoms with Crippen molar-refractivity contribution in [2.75, 3.05) is 18.4 Å². The second-order valence-electron chi connectivity index (χ2n) is 15.0. The number of nitrogens with zero attached hydrogens (tertiary/aromatic N) is 1. The van der Waals surface area contributed by atoms with Crippen LogP contribution in [0, 0.1) is 5.82 Å². The molecule has 11 nitrogen and oxygen atoms in total. The number of alkyl carbamates (subject to hydrolysis) is 1. The number of hydrogen-bond acceptors (Lipinski definition) is 7. The van der Waals surface area contributed by atoms with Crippen LogP contribution in [0.15, 0.2) is 84.9 Å². The molecule has 4 aromatic rings. The van der Waals surface area contributed by atoms with Crippen molar-refractivity contribution in [1.29, 1.82) is 0 Å². The van der Waals surface area contributed by atoms with Crippen LogP contribution in [-0.2, 0) is 16.1 Å². The standard InChI is InChI=1S/C43H55FN4O7/c1-28(2)39-38(41(53)47-32-14-10-7-11-15-32)37(29-12-8-6-9-13-29)40(30-16-18-31(44)19-17-30)48(39)25-22-34(50)26-35(51)27-36(52)45-23-20-33(49)21-24-46-42(54)55-43(3,4)5/h6-19,28,33-35,49-51H,20-27H2,1-5H3,(H,45,52)(H,46,54)(H,47,53). The zero-order valence-electron chi connectivity index (χ0n) is 32.3. The number of aromatic nitrogens is 1. The van der Waals surface area contributed by atoms with E-state index in [2.05, 4.69) is 16.0 Å². The molecule has 1 heterocycles. The number of carbonyl (C=O) groups is 3. The Morgan fingerprint density at radius 1 is 0.764 bits per heavy atom. The van der Waals surface area contributed by atoms with Crippen LogP contribution in [0.5, 0.6) is 0 Å². The summed E-state index contributed by atoms with van der Waals surface area (Å²) in [5, 5.41) is 40.4. The quantitative estimate of drug-likeness (QED) is 0.0636. The highest BCUT2D eigenvalue weighted by Gasteiger charge is 2.31. The topological polar surface area (TPSA) is 162 Å². The van der Waals surface area contributed by atoms with Gasteiger partial charge in [0.15, 0.2) is 0 Å². The molecule has 0 fully saturated rings. The van der Waals surface area contributed by atoms with Crippen LogP contribution in [0.2, 0.25) is 0 Å². The molecule has 296 valence electrons. The summed E-state index contributed by atoms with van der Waals surface area (Å²) >= 11 is 0. The molecule has 0 aliphatic carbocycles. The SMILES string of the molecule is CC(C)c1c(C(=O)Nc2ccccc2)c(-c2ccccc2)c(-c2ccc(F)cc2)n1CCC(O)CC(O)CC(=O)NCCC(O)CCNC(=O)OC(C)(C)C. The van der Waals surface area contributed by atoms with E-state index in [9.17, 15) is 34.1 Å². The number of para-hydroxylation sites is 1. The van der Waals surface area contributed by atoms with Gasteiger partial charge in [-0.3, -0.25) is 9.59 Å². The summed E-state index contributed by atoms with van der Waals surface area (Å²) in [4.78, 5) is 38.6. The average molecular weight is 759 g/mol. The maximum Gasteiger partial charge on any atom is 0.407 e. The molecule has 6 N–H and O–H groups in total. The van der Waals surface area contributed by atoms with Gasteiger partial charge in [0, 0.05) is 36.6 Å². The fraction of sp³-hybridized carbons (Fsp3) is 0.419. The summed E-state index contributed by atoms with van der Waals surface area (Å²) in [5.41, 5.74) is 4.09. The van der Waals surface area contributed by atoms with Crippen LogP contribution in [0.4, 0.5) is 14.9 Å². The number of anilines is 1. The van der Waals surface area contributed by atoms with Gasteiger partial charge in [-0.1, -0.05) is 62.4 Å². The van der Waals surface area contributed by atoms with Gasteiger partial charge >= 0.3 is 6.09 Å². The zero-order chi connectivity index (χ0) is 40.1. The molecule has 12 heteroatoms. The molecular weight excluding hydrogens is 703 g/mol. The molecule has 3 unspecified atom stereocenters. The van der Waals surface area contributed by atoms with Crippen molar-refractivity contribution < 1.29 is 38.8 Å². The Kier molecular flexibility index (Phi) is 15.6. The second kappa shape index (κ2) is 20.0. The second-order valence-corrected chi connectivity index (χ2v) is 15.0. The fourth-order valence-corrected chi connectivity index (χ4v) is 6.47. The van der Waals surface area contributed by atoms with Crippen molar-refractivity contribution in [3.8, 4) is 22.4 Å². The number of nitrogens with one attached hydrogen (secondary N) is 3. The van der Waals surface area contributed by atoms with E-state index in [-0.39, 0.29) is 63.6 Å². The maximum atomic E-state index is 14.3. The molecule has 1 aromatic heterocycles. The number of hydrogen-bond donors (Lipinski definition) is 6. The number of carbonyl (C=O) groups excluding carboxylic acids is 3. The van der Waals surface area contributed by atoms with Gasteiger partial charge in [-0.05, 0) is 99.9 Å². The molecule has 3 aromatic carbocycles. The Morgan fingerprint density at radius 2 is 1.36 bits per heavy atom. The minimum Gasteiger partial charge on any atom is -0.444 e. The van der Waals surface area contributed by atoms with Gasteiger partial charge in [0.05, 0.1) is 36.0 Å². The summed E-state index contributed by atoms with van der Waals surface area (Å²) in [6.07, 6.45) is -3.04. The minimum absolute atomic E-state index is 0.0660. The third-order valence-electron chi connectivity index (χ3n) is 8.89. The van der Waals surface area contributed by atoms with E-state index in [1.54, 1.807) is 32.9 Å². The number of benzene rings is 3. The summed E-state index contributed by atoms with van der Waals surface area (Å²) in [7, 11) is 0. The van der Waals surface area contributed by atoms with E-state index in [4.69, 9.17) is 4.74 Å². The van der Waals surface area contributed by atoms with Gasteiger partial charge in [0.1, 0.15) is 11.4 Å². The third-order valence-corrected chi connectivity index (χ3v) is 8.89. The molecule has 0 aliphatic rings. The Balaban J connectivity index is 1.46. The van der Waals surface area contributed by atoms with Gasteiger partial charge in [-0.25, -0.2) is 9.18 Å². The van der Waals surface area contributed by atoms with Crippen LogP contribution in [0.1, 0.15) is 88.7 Å². The van der Waals surface area contributed by atoms with Crippen molar-refractivity contribution in [2.24, 2.45) is 0 Å². The van der Waals surface area contributed by atoms with Gasteiger partial charge in [0.2, 0.25) is 5.91 Å². The predicted octanol–water partition coefficient (Wildman–Crippen LogP) is 7.01. The maximum absolute atomic E-state index is 14.3. The van der Waals surface area contributed by atoms with E-state index < -0.39 is 41.7 Å². The first kappa shape index (κ1) is 42.7. The highest BCUT2D eigenvalue weighted by molar-refractivity contribution is 6.12. The van der Waals surface area contributed by atoms with Crippen LogP contribution < -0.4 is 16.0 Å². The van der Waals surface area contributed by atoms with Gasteiger partial charge in [-0.15, -0.1) is 0 Å². The lowest BCUT2D eigenvalue weighted by Gasteiger charge is -2.20. The van der Waals surface area contributed by atoms with Gasteiger partial charge in [0.25, 0.3) is 5.91 Å². The Hall–Kier alpha value is -5.04. The number of amides is 3. The molecule has 0 radical (unpaired) electrons. The zero-order valence-corrected chi connectivity index (χ0v) is 32.3. The fourth-order valence-electron chi connectivity index (χ4n) is 6.47. The van der Waals surface area contributed by atoms with E-state index in [1.165, 1.54) is 12.1 Å². The molecule has 0 aliphatic heterocycles. The minimum atomic E-state index is -1.13. The van der Waals surface area contributed by atoms with Crippen LogP contribution in [-0.4, -0.2) is 74.8 Å². The normalized spacial score (nSPS) is 13.2. The van der Waals surface area contributed by atoms with Crippen molar-refractivity contribution >= 4 is 23.6 Å². The van der Waals surface area contributed by atoms with Crippen LogP contribution >= 0.6 is 0 Å². The van der Waals surface area contributed by atoms with Gasteiger partial charge in [-0.2, -0.15) is 0 Å². The van der Waals surface area contributed by atoms with Crippen LogP contribution in [0.25, 0.3) is 22.4 Å². The van der Waals surface area contributed by atoms with E-state index in [1.807, 2.05) is 79.1 Å². The molecular formula is C43H55FN4O7. The molecule has 3 amide bonds. The highest BCUT2D eigenvalue weighted by atomic mass is 19.1. The van der Waals surface area contributed by atoms with Crippen molar-refractivity contribution in [1.82, 2.24) is 15.2 Å². The number of halogens is 1. The summed E-state index contributed by atoms with van der Waals surface area (Å²) in [6.45, 7) is 9.90. The summed E-state index contributed by atoms with van der Waals surface area (Å²) in [6, 6.07) is 24.8. The van der Waals surface area contributed by atoms with Crippen molar-refractivity contribution in [3.05, 3.63) is 102 Å².